The van der Waals surface area contributed by atoms with Gasteiger partial charge in [0.25, 0.3) is 0 Å². The van der Waals surface area contributed by atoms with E-state index in [0.29, 0.717) is 12.1 Å². The van der Waals surface area contributed by atoms with Crippen molar-refractivity contribution in [1.29, 1.82) is 0 Å². The van der Waals surface area contributed by atoms with Crippen LogP contribution in [0.1, 0.15) is 53.3 Å². The highest BCUT2D eigenvalue weighted by Crippen LogP contribution is 2.20. The molecule has 0 bridgehead atoms. The number of anilines is 1. The summed E-state index contributed by atoms with van der Waals surface area (Å²) >= 11 is 0. The summed E-state index contributed by atoms with van der Waals surface area (Å²) in [5.74, 6) is 0.998. The van der Waals surface area contributed by atoms with E-state index in [1.54, 1.807) is 0 Å². The van der Waals surface area contributed by atoms with Crippen molar-refractivity contribution >= 4 is 16.8 Å². The van der Waals surface area contributed by atoms with Gasteiger partial charge < -0.3 is 10.2 Å². The second-order valence-corrected chi connectivity index (χ2v) is 9.51. The molecule has 0 radical (unpaired) electrons. The highest BCUT2D eigenvalue weighted by atomic mass is 32.2. The number of pyridine rings is 1. The van der Waals surface area contributed by atoms with Gasteiger partial charge in [0.15, 0.2) is 0 Å². The Balaban J connectivity index is 2.11. The molecule has 2 rings (SSSR count). The lowest BCUT2D eigenvalue weighted by Gasteiger charge is -2.37. The molecule has 0 amide bonds. The zero-order chi connectivity index (χ0) is 17.2. The summed E-state index contributed by atoms with van der Waals surface area (Å²) in [5.41, 5.74) is 0.930. The van der Waals surface area contributed by atoms with Crippen LogP contribution in [0.3, 0.4) is 0 Å². The summed E-state index contributed by atoms with van der Waals surface area (Å²) in [7, 11) is -1.10. The lowest BCUT2D eigenvalue weighted by Crippen LogP contribution is -2.54. The van der Waals surface area contributed by atoms with Crippen LogP contribution in [0.25, 0.3) is 0 Å². The second kappa shape index (κ2) is 7.28. The third kappa shape index (κ3) is 4.99. The first-order valence-corrected chi connectivity index (χ1v) is 9.48. The van der Waals surface area contributed by atoms with Crippen LogP contribution in [0, 0.1) is 0 Å². The van der Waals surface area contributed by atoms with Gasteiger partial charge in [-0.1, -0.05) is 6.07 Å². The van der Waals surface area contributed by atoms with Gasteiger partial charge in [0.2, 0.25) is 0 Å². The first-order valence-electron chi connectivity index (χ1n) is 8.33. The molecule has 2 N–H and O–H groups in total. The molecular formula is C17H30N4OS. The molecule has 1 fully saturated rings. The number of hydrogen-bond acceptors (Lipinski definition) is 4. The van der Waals surface area contributed by atoms with Crippen LogP contribution in [-0.2, 0) is 11.0 Å². The molecule has 0 aliphatic carbocycles. The summed E-state index contributed by atoms with van der Waals surface area (Å²) in [4.78, 5) is 7.12. The smallest absolute Gasteiger partial charge is 0.128 e. The molecule has 130 valence electrons. The van der Waals surface area contributed by atoms with E-state index in [0.717, 1.165) is 24.6 Å². The second-order valence-electron chi connectivity index (χ2n) is 7.52. The van der Waals surface area contributed by atoms with E-state index in [9.17, 15) is 4.21 Å². The summed E-state index contributed by atoms with van der Waals surface area (Å²) in [6.45, 7) is 14.2. The van der Waals surface area contributed by atoms with Crippen molar-refractivity contribution in [1.82, 2.24) is 15.0 Å². The minimum absolute atomic E-state index is 0.0484. The zero-order valence-corrected chi connectivity index (χ0v) is 15.9. The van der Waals surface area contributed by atoms with Gasteiger partial charge in [-0.25, -0.2) is 13.9 Å². The Kier molecular flexibility index (Phi) is 5.81. The maximum atomic E-state index is 12.3. The fraction of sp³-hybridized carbons (Fsp3) is 0.706. The number of rotatable bonds is 4. The molecule has 6 heteroatoms. The monoisotopic (exact) mass is 338 g/mol. The van der Waals surface area contributed by atoms with Crippen LogP contribution < -0.4 is 14.9 Å². The fourth-order valence-electron chi connectivity index (χ4n) is 2.77. The minimum atomic E-state index is -1.10. The number of nitrogens with zero attached hydrogens (tertiary/aromatic N) is 2. The van der Waals surface area contributed by atoms with Gasteiger partial charge in [-0.15, -0.1) is 0 Å². The molecule has 1 saturated heterocycles. The van der Waals surface area contributed by atoms with Crippen molar-refractivity contribution in [2.75, 3.05) is 18.0 Å². The molecule has 0 spiro atoms. The summed E-state index contributed by atoms with van der Waals surface area (Å²) in [6.07, 6.45) is 0. The van der Waals surface area contributed by atoms with Gasteiger partial charge in [0.05, 0.1) is 27.5 Å². The number of piperazine rings is 1. The van der Waals surface area contributed by atoms with Crippen molar-refractivity contribution in [2.45, 2.75) is 64.4 Å². The third-order valence-corrected chi connectivity index (χ3v) is 5.60. The molecular weight excluding hydrogens is 308 g/mol. The maximum absolute atomic E-state index is 12.3. The molecule has 4 atom stereocenters. The minimum Gasteiger partial charge on any atom is -0.354 e. The molecule has 0 saturated carbocycles. The Morgan fingerprint density at radius 1 is 1.30 bits per heavy atom. The third-order valence-electron chi connectivity index (χ3n) is 3.92. The normalized spacial score (nSPS) is 25.2. The summed E-state index contributed by atoms with van der Waals surface area (Å²) in [5, 5.41) is 3.54. The van der Waals surface area contributed by atoms with E-state index >= 15 is 0 Å². The first kappa shape index (κ1) is 18.4. The molecule has 0 aromatic carbocycles. The van der Waals surface area contributed by atoms with Crippen LogP contribution >= 0.6 is 0 Å². The number of aromatic nitrogens is 1. The fourth-order valence-corrected chi connectivity index (χ4v) is 3.56. The Labute approximate surface area is 142 Å². The molecule has 1 aromatic heterocycles. The summed E-state index contributed by atoms with van der Waals surface area (Å²) < 4.78 is 15.2. The molecule has 1 aliphatic heterocycles. The van der Waals surface area contributed by atoms with E-state index in [1.165, 1.54) is 0 Å². The predicted molar refractivity (Wildman–Crippen MR) is 98.0 cm³/mol. The van der Waals surface area contributed by atoms with E-state index in [1.807, 2.05) is 39.8 Å². The topological polar surface area (TPSA) is 57.3 Å². The van der Waals surface area contributed by atoms with Gasteiger partial charge in [0, 0.05) is 25.2 Å². The highest BCUT2D eigenvalue weighted by molar-refractivity contribution is 7.84. The molecule has 1 aromatic rings. The van der Waals surface area contributed by atoms with E-state index in [4.69, 9.17) is 4.98 Å². The van der Waals surface area contributed by atoms with Crippen LogP contribution in [0.15, 0.2) is 18.2 Å². The number of hydrogen-bond donors (Lipinski definition) is 2. The average Bonchev–Trinajstić information content (AvgIpc) is 2.45. The summed E-state index contributed by atoms with van der Waals surface area (Å²) in [6, 6.07) is 6.94. The zero-order valence-electron chi connectivity index (χ0n) is 15.1. The largest absolute Gasteiger partial charge is 0.354 e. The Morgan fingerprint density at radius 2 is 1.91 bits per heavy atom. The Bertz CT molecular complexity index is 548. The van der Waals surface area contributed by atoms with Crippen molar-refractivity contribution in [3.8, 4) is 0 Å². The van der Waals surface area contributed by atoms with Gasteiger partial charge in [-0.2, -0.15) is 0 Å². The predicted octanol–water partition coefficient (Wildman–Crippen LogP) is 2.38. The van der Waals surface area contributed by atoms with Crippen LogP contribution in [0.5, 0.6) is 0 Å². The van der Waals surface area contributed by atoms with Crippen molar-refractivity contribution in [3.63, 3.8) is 0 Å². The van der Waals surface area contributed by atoms with Crippen LogP contribution in [0.2, 0.25) is 0 Å². The van der Waals surface area contributed by atoms with Crippen LogP contribution in [-0.4, -0.2) is 39.1 Å². The van der Waals surface area contributed by atoms with E-state index in [-0.39, 0.29) is 10.8 Å². The highest BCUT2D eigenvalue weighted by Gasteiger charge is 2.24. The number of nitrogens with one attached hydrogen (secondary N) is 2. The molecule has 0 unspecified atom stereocenters. The van der Waals surface area contributed by atoms with Crippen molar-refractivity contribution in [2.24, 2.45) is 0 Å². The van der Waals surface area contributed by atoms with Gasteiger partial charge in [-0.05, 0) is 53.7 Å². The molecule has 5 nitrogen and oxygen atoms in total. The lowest BCUT2D eigenvalue weighted by molar-refractivity contribution is 0.405. The quantitative estimate of drug-likeness (QED) is 0.885. The van der Waals surface area contributed by atoms with E-state index in [2.05, 4.69) is 34.9 Å². The van der Waals surface area contributed by atoms with Crippen molar-refractivity contribution in [3.05, 3.63) is 23.9 Å². The maximum Gasteiger partial charge on any atom is 0.128 e. The van der Waals surface area contributed by atoms with Crippen molar-refractivity contribution < 1.29 is 4.21 Å². The SMILES string of the molecule is C[C@@H]1CN(c2cccc([C@H](C)N[S@](=O)C(C)(C)C)n2)C[C@H](C)N1. The standard InChI is InChI=1S/C17H30N4OS/c1-12-10-21(11-13(2)18-12)16-9-7-8-15(19-16)14(3)20-23(22)17(4,5)6/h7-9,12-14,18,20H,10-11H2,1-6H3/t12-,13+,14-,23+/m0/s1. The van der Waals surface area contributed by atoms with Crippen LogP contribution in [0.4, 0.5) is 5.82 Å². The lowest BCUT2D eigenvalue weighted by atomic mass is 10.1. The van der Waals surface area contributed by atoms with Gasteiger partial charge in [0.1, 0.15) is 5.82 Å². The van der Waals surface area contributed by atoms with Gasteiger partial charge >= 0.3 is 0 Å². The molecule has 2 heterocycles. The Morgan fingerprint density at radius 3 is 2.48 bits per heavy atom. The Hall–Kier alpha value is -0.980. The average molecular weight is 339 g/mol. The molecule has 23 heavy (non-hydrogen) atoms. The molecule has 1 aliphatic rings. The van der Waals surface area contributed by atoms with E-state index < -0.39 is 11.0 Å². The first-order chi connectivity index (χ1) is 10.7. The van der Waals surface area contributed by atoms with Gasteiger partial charge in [-0.3, -0.25) is 0 Å².